The van der Waals surface area contributed by atoms with Gasteiger partial charge in [0.1, 0.15) is 0 Å². The summed E-state index contributed by atoms with van der Waals surface area (Å²) in [4.78, 5) is 4.46. The standard InChI is InChI=1S/C20H19F2N6/c1-27-16-6-12(2-3-15(16)25-27)14-4-5-28-17(14)9-23-18(26-28)24-13-7-19(8-13)10-20(21,22)11-19/h2-6,9,13H,7-8,10-11H2,1H3,(H,23,24,26)/q+1. The molecule has 2 aromatic heterocycles. The second kappa shape index (κ2) is 5.12. The topological polar surface area (TPSA) is 57.6 Å². The third kappa shape index (κ3) is 2.30. The van der Waals surface area contributed by atoms with Gasteiger partial charge in [-0.3, -0.25) is 0 Å². The van der Waals surface area contributed by atoms with Crippen LogP contribution < -0.4 is 5.32 Å². The Bertz CT molecular complexity index is 1150. The van der Waals surface area contributed by atoms with E-state index in [-0.39, 0.29) is 24.3 Å². The zero-order valence-corrected chi connectivity index (χ0v) is 15.4. The van der Waals surface area contributed by atoms with E-state index >= 15 is 0 Å². The molecule has 6 nitrogen and oxygen atoms in total. The summed E-state index contributed by atoms with van der Waals surface area (Å²) in [6.07, 6.45) is 5.33. The summed E-state index contributed by atoms with van der Waals surface area (Å²) in [7, 11) is 1.93. The van der Waals surface area contributed by atoms with Crippen LogP contribution in [0.15, 0.2) is 41.8 Å². The van der Waals surface area contributed by atoms with E-state index in [0.29, 0.717) is 5.95 Å². The lowest BCUT2D eigenvalue weighted by atomic mass is 9.52. The van der Waals surface area contributed by atoms with Crippen molar-refractivity contribution in [1.82, 2.24) is 14.6 Å². The number of rotatable bonds is 3. The summed E-state index contributed by atoms with van der Waals surface area (Å²) in [6.45, 7) is 0. The lowest BCUT2D eigenvalue weighted by molar-refractivity contribution is -0.494. The van der Waals surface area contributed by atoms with Crippen LogP contribution in [0.25, 0.3) is 16.6 Å². The fraction of sp³-hybridized carbons (Fsp3) is 0.400. The highest BCUT2D eigenvalue weighted by Crippen LogP contribution is 2.62. The SMILES string of the molecule is C[N+]1=Nc2ccc(-c3ccn4nc(NC5CC6(C5)CC(F)(F)C6)ncc34)cc21. The number of hydrogen-bond acceptors (Lipinski definition) is 4. The molecule has 2 fully saturated rings. The fourth-order valence-electron chi connectivity index (χ4n) is 5.02. The van der Waals surface area contributed by atoms with Gasteiger partial charge >= 0.3 is 0 Å². The van der Waals surface area contributed by atoms with Gasteiger partial charge in [0.15, 0.2) is 7.05 Å². The van der Waals surface area contributed by atoms with Crippen molar-refractivity contribution in [3.8, 4) is 11.1 Å². The van der Waals surface area contributed by atoms with E-state index in [9.17, 15) is 8.78 Å². The van der Waals surface area contributed by atoms with Gasteiger partial charge in [0.05, 0.1) is 11.7 Å². The summed E-state index contributed by atoms with van der Waals surface area (Å²) in [5, 5.41) is 12.1. The van der Waals surface area contributed by atoms with Crippen LogP contribution >= 0.6 is 0 Å². The molecular formula is C20H19F2N6+. The number of benzene rings is 1. The highest BCUT2D eigenvalue weighted by Gasteiger charge is 2.61. The van der Waals surface area contributed by atoms with E-state index in [0.717, 1.165) is 40.9 Å². The molecule has 2 saturated carbocycles. The summed E-state index contributed by atoms with van der Waals surface area (Å²) in [5.41, 5.74) is 5.04. The minimum atomic E-state index is -2.45. The molecule has 1 N–H and O–H groups in total. The van der Waals surface area contributed by atoms with Gasteiger partial charge in [0.2, 0.25) is 17.6 Å². The number of alkyl halides is 2. The van der Waals surface area contributed by atoms with Crippen LogP contribution in [0.5, 0.6) is 0 Å². The highest BCUT2D eigenvalue weighted by atomic mass is 19.3. The molecule has 1 aliphatic heterocycles. The molecule has 3 heterocycles. The van der Waals surface area contributed by atoms with Crippen LogP contribution in [0.4, 0.5) is 26.1 Å². The zero-order valence-electron chi connectivity index (χ0n) is 15.4. The second-order valence-corrected chi connectivity index (χ2v) is 8.43. The molecule has 1 spiro atoms. The number of nitrogens with zero attached hydrogens (tertiary/aromatic N) is 5. The van der Waals surface area contributed by atoms with E-state index in [4.69, 9.17) is 0 Å². The first kappa shape index (κ1) is 16.1. The highest BCUT2D eigenvalue weighted by molar-refractivity contribution is 5.83. The van der Waals surface area contributed by atoms with E-state index in [1.54, 1.807) is 0 Å². The van der Waals surface area contributed by atoms with Gasteiger partial charge in [0, 0.05) is 41.8 Å². The molecular weight excluding hydrogens is 362 g/mol. The molecule has 0 atom stereocenters. The number of aromatic nitrogens is 3. The number of fused-ring (bicyclic) bond motifs is 2. The van der Waals surface area contributed by atoms with Gasteiger partial charge in [-0.15, -0.1) is 5.10 Å². The Labute approximate surface area is 159 Å². The maximum atomic E-state index is 13.1. The predicted molar refractivity (Wildman–Crippen MR) is 99.6 cm³/mol. The lowest BCUT2D eigenvalue weighted by Gasteiger charge is -2.57. The average molecular weight is 381 g/mol. The first-order valence-electron chi connectivity index (χ1n) is 9.48. The Morgan fingerprint density at radius 2 is 2.04 bits per heavy atom. The van der Waals surface area contributed by atoms with Crippen LogP contribution in [-0.2, 0) is 0 Å². The number of halogens is 2. The maximum absolute atomic E-state index is 13.1. The minimum Gasteiger partial charge on any atom is -0.350 e. The Morgan fingerprint density at radius 3 is 2.79 bits per heavy atom. The van der Waals surface area contributed by atoms with Gasteiger partial charge in [-0.1, -0.05) is 10.8 Å². The Kier molecular flexibility index (Phi) is 2.94. The van der Waals surface area contributed by atoms with E-state index in [2.05, 4.69) is 32.6 Å². The number of nitrogens with one attached hydrogen (secondary N) is 1. The molecule has 0 bridgehead atoms. The third-order valence-corrected chi connectivity index (χ3v) is 6.27. The van der Waals surface area contributed by atoms with Crippen molar-refractivity contribution in [1.29, 1.82) is 0 Å². The monoisotopic (exact) mass is 381 g/mol. The molecule has 0 radical (unpaired) electrons. The summed E-state index contributed by atoms with van der Waals surface area (Å²) < 4.78 is 30.0. The van der Waals surface area contributed by atoms with Crippen molar-refractivity contribution >= 4 is 22.8 Å². The summed E-state index contributed by atoms with van der Waals surface area (Å²) >= 11 is 0. The number of azo groups is 2. The van der Waals surface area contributed by atoms with Crippen LogP contribution in [0, 0.1) is 5.41 Å². The quantitative estimate of drug-likeness (QED) is 0.666. The molecule has 142 valence electrons. The van der Waals surface area contributed by atoms with E-state index < -0.39 is 5.92 Å². The van der Waals surface area contributed by atoms with Crippen LogP contribution in [0.1, 0.15) is 25.7 Å². The smallest absolute Gasteiger partial charge is 0.263 e. The summed E-state index contributed by atoms with van der Waals surface area (Å²) in [5.74, 6) is -1.92. The van der Waals surface area contributed by atoms with Crippen molar-refractivity contribution in [2.75, 3.05) is 12.4 Å². The van der Waals surface area contributed by atoms with Gasteiger partial charge in [0.25, 0.3) is 5.69 Å². The second-order valence-electron chi connectivity index (χ2n) is 8.43. The minimum absolute atomic E-state index is 0.0300. The molecule has 1 aromatic carbocycles. The van der Waals surface area contributed by atoms with Gasteiger partial charge in [-0.25, -0.2) is 18.3 Å². The molecule has 3 aromatic rings. The normalized spacial score (nSPS) is 21.5. The van der Waals surface area contributed by atoms with Crippen molar-refractivity contribution in [3.63, 3.8) is 0 Å². The average Bonchev–Trinajstić information content (AvgIpc) is 3.01. The van der Waals surface area contributed by atoms with Gasteiger partial charge in [-0.2, -0.15) is 0 Å². The van der Waals surface area contributed by atoms with Gasteiger partial charge in [-0.05, 0) is 36.0 Å². The molecule has 0 unspecified atom stereocenters. The van der Waals surface area contributed by atoms with Crippen molar-refractivity contribution in [2.45, 2.75) is 37.6 Å². The number of hydrogen-bond donors (Lipinski definition) is 1. The Morgan fingerprint density at radius 1 is 1.21 bits per heavy atom. The maximum Gasteiger partial charge on any atom is 0.263 e. The summed E-state index contributed by atoms with van der Waals surface area (Å²) in [6, 6.07) is 8.39. The largest absolute Gasteiger partial charge is 0.350 e. The van der Waals surface area contributed by atoms with Crippen molar-refractivity contribution < 1.29 is 13.5 Å². The molecule has 8 heteroatoms. The van der Waals surface area contributed by atoms with Crippen molar-refractivity contribution in [2.24, 2.45) is 10.5 Å². The molecule has 0 amide bonds. The number of anilines is 1. The Balaban J connectivity index is 1.21. The first-order valence-corrected chi connectivity index (χ1v) is 9.48. The van der Waals surface area contributed by atoms with Crippen LogP contribution in [0.2, 0.25) is 0 Å². The first-order chi connectivity index (χ1) is 13.4. The fourth-order valence-corrected chi connectivity index (χ4v) is 5.02. The predicted octanol–water partition coefficient (Wildman–Crippen LogP) is 4.76. The molecule has 2 aliphatic carbocycles. The Hall–Kier alpha value is -2.90. The van der Waals surface area contributed by atoms with Crippen molar-refractivity contribution in [3.05, 3.63) is 36.7 Å². The van der Waals surface area contributed by atoms with Crippen LogP contribution in [0.3, 0.4) is 0 Å². The lowest BCUT2D eigenvalue weighted by Crippen LogP contribution is -2.57. The third-order valence-electron chi connectivity index (χ3n) is 6.27. The van der Waals surface area contributed by atoms with E-state index in [1.165, 1.54) is 0 Å². The molecule has 3 aliphatic rings. The zero-order chi connectivity index (χ0) is 19.1. The van der Waals surface area contributed by atoms with Gasteiger partial charge < -0.3 is 5.32 Å². The van der Waals surface area contributed by atoms with E-state index in [1.807, 2.05) is 40.8 Å². The van der Waals surface area contributed by atoms with Crippen LogP contribution in [-0.4, -0.2) is 38.3 Å². The molecule has 6 rings (SSSR count). The molecule has 28 heavy (non-hydrogen) atoms. The molecule has 0 saturated heterocycles.